The molecule has 3 heteroatoms. The van der Waals surface area contributed by atoms with Crippen molar-refractivity contribution in [3.63, 3.8) is 0 Å². The highest BCUT2D eigenvalue weighted by atomic mass is 15.4. The second-order valence-corrected chi connectivity index (χ2v) is 10.0. The molecular weight excluding hydrogens is 462 g/mol. The molecule has 180 valence electrons. The summed E-state index contributed by atoms with van der Waals surface area (Å²) in [5.74, 6) is 0.969. The number of hydrogen-bond acceptors (Lipinski definition) is 2. The minimum atomic E-state index is 0.00712. The molecule has 2 atom stereocenters. The third kappa shape index (κ3) is 3.12. The minimum Gasteiger partial charge on any atom is -0.309 e. The van der Waals surface area contributed by atoms with E-state index in [1.165, 1.54) is 49.3 Å². The Morgan fingerprint density at radius 3 is 2.00 bits per heavy atom. The maximum absolute atomic E-state index is 5.40. The first kappa shape index (κ1) is 21.2. The van der Waals surface area contributed by atoms with Gasteiger partial charge in [-0.25, -0.2) is 4.99 Å². The molecule has 0 fully saturated rings. The van der Waals surface area contributed by atoms with Crippen molar-refractivity contribution in [2.24, 2.45) is 4.99 Å². The number of allylic oxidation sites excluding steroid dienone is 2. The van der Waals surface area contributed by atoms with Crippen LogP contribution in [0.2, 0.25) is 0 Å². The molecule has 5 aromatic carbocycles. The summed E-state index contributed by atoms with van der Waals surface area (Å²) in [5, 5.41) is 5.05. The van der Waals surface area contributed by atoms with Gasteiger partial charge in [0, 0.05) is 17.0 Å². The number of fused-ring (bicyclic) bond motifs is 5. The summed E-state index contributed by atoms with van der Waals surface area (Å²) in [6, 6.07) is 41.5. The van der Waals surface area contributed by atoms with Crippen LogP contribution in [0.15, 0.2) is 145 Å². The van der Waals surface area contributed by atoms with Crippen molar-refractivity contribution in [3.8, 4) is 11.1 Å². The van der Waals surface area contributed by atoms with Crippen molar-refractivity contribution in [2.75, 3.05) is 0 Å². The predicted octanol–water partition coefficient (Wildman–Crippen LogP) is 8.33. The van der Waals surface area contributed by atoms with E-state index in [9.17, 15) is 0 Å². The van der Waals surface area contributed by atoms with E-state index in [0.29, 0.717) is 0 Å². The van der Waals surface area contributed by atoms with Crippen LogP contribution in [0.5, 0.6) is 0 Å². The van der Waals surface area contributed by atoms with Gasteiger partial charge in [0.1, 0.15) is 6.04 Å². The van der Waals surface area contributed by atoms with Crippen LogP contribution in [-0.4, -0.2) is 21.5 Å². The van der Waals surface area contributed by atoms with E-state index in [2.05, 4.69) is 149 Å². The van der Waals surface area contributed by atoms with Gasteiger partial charge in [0.2, 0.25) is 5.96 Å². The van der Waals surface area contributed by atoms with Crippen LogP contribution in [-0.2, 0) is 0 Å². The first-order chi connectivity index (χ1) is 18.9. The molecule has 0 saturated carbocycles. The van der Waals surface area contributed by atoms with Crippen LogP contribution >= 0.6 is 0 Å². The van der Waals surface area contributed by atoms with Gasteiger partial charge in [0.25, 0.3) is 0 Å². The second kappa shape index (κ2) is 8.32. The average Bonchev–Trinajstić information content (AvgIpc) is 3.53. The number of rotatable bonds is 2. The van der Waals surface area contributed by atoms with Crippen LogP contribution in [0.3, 0.4) is 0 Å². The molecule has 3 nitrogen and oxygen atoms in total. The lowest BCUT2D eigenvalue weighted by molar-refractivity contribution is 0.442. The zero-order valence-electron chi connectivity index (χ0n) is 20.8. The molecular formula is C35H25N3. The van der Waals surface area contributed by atoms with Crippen molar-refractivity contribution in [3.05, 3.63) is 145 Å². The van der Waals surface area contributed by atoms with Crippen LogP contribution in [0.1, 0.15) is 11.6 Å². The number of nitrogens with zero attached hydrogens (tertiary/aromatic N) is 3. The molecule has 8 rings (SSSR count). The molecule has 0 aliphatic carbocycles. The molecule has 0 N–H and O–H groups in total. The van der Waals surface area contributed by atoms with Crippen molar-refractivity contribution in [1.82, 2.24) is 9.47 Å². The Morgan fingerprint density at radius 1 is 0.579 bits per heavy atom. The summed E-state index contributed by atoms with van der Waals surface area (Å²) in [6.45, 7) is 0. The van der Waals surface area contributed by atoms with Gasteiger partial charge in [-0.3, -0.25) is 4.57 Å². The standard InChI is InChI=1S/C35H25N3/c1-2-12-27-24(10-1)11-9-15-28(27)25-19-21-26(22-20-25)34-33-18-7-8-23-37(33)35(36-34)38-31-16-5-3-13-29(31)30-14-4-6-17-32(30)38/h1-23,33-34H. The summed E-state index contributed by atoms with van der Waals surface area (Å²) >= 11 is 0. The summed E-state index contributed by atoms with van der Waals surface area (Å²) in [6.07, 6.45) is 8.68. The smallest absolute Gasteiger partial charge is 0.211 e. The molecule has 6 aromatic rings. The molecule has 1 aromatic heterocycles. The molecule has 0 saturated heterocycles. The number of hydrogen-bond donors (Lipinski definition) is 0. The van der Waals surface area contributed by atoms with E-state index >= 15 is 0 Å². The predicted molar refractivity (Wildman–Crippen MR) is 158 cm³/mol. The Hall–Kier alpha value is -4.89. The van der Waals surface area contributed by atoms with Gasteiger partial charge in [-0.2, -0.15) is 0 Å². The third-order valence-electron chi connectivity index (χ3n) is 7.93. The minimum absolute atomic E-state index is 0.00712. The van der Waals surface area contributed by atoms with Crippen LogP contribution in [0.4, 0.5) is 0 Å². The molecule has 0 radical (unpaired) electrons. The number of benzene rings is 5. The normalized spacial score (nSPS) is 18.4. The van der Waals surface area contributed by atoms with E-state index < -0.39 is 0 Å². The highest BCUT2D eigenvalue weighted by molar-refractivity contribution is 6.14. The van der Waals surface area contributed by atoms with Gasteiger partial charge in [-0.15, -0.1) is 0 Å². The molecule has 2 aliphatic rings. The van der Waals surface area contributed by atoms with Crippen molar-refractivity contribution in [2.45, 2.75) is 12.1 Å². The Balaban J connectivity index is 1.26. The lowest BCUT2D eigenvalue weighted by atomic mass is 9.94. The average molecular weight is 488 g/mol. The Morgan fingerprint density at radius 2 is 1.24 bits per heavy atom. The zero-order valence-corrected chi connectivity index (χ0v) is 20.8. The van der Waals surface area contributed by atoms with Crippen LogP contribution in [0, 0.1) is 0 Å². The summed E-state index contributed by atoms with van der Waals surface area (Å²) < 4.78 is 2.33. The van der Waals surface area contributed by atoms with Crippen molar-refractivity contribution >= 4 is 38.5 Å². The fraction of sp³-hybridized carbons (Fsp3) is 0.0571. The largest absolute Gasteiger partial charge is 0.309 e. The van der Waals surface area contributed by atoms with Crippen molar-refractivity contribution < 1.29 is 0 Å². The van der Waals surface area contributed by atoms with Crippen molar-refractivity contribution in [1.29, 1.82) is 0 Å². The van der Waals surface area contributed by atoms with Crippen LogP contribution < -0.4 is 0 Å². The molecule has 0 bridgehead atoms. The monoisotopic (exact) mass is 487 g/mol. The number of aliphatic imine (C=N–C) groups is 1. The summed E-state index contributed by atoms with van der Waals surface area (Å²) in [4.78, 5) is 7.72. The Labute approximate surface area is 221 Å². The summed E-state index contributed by atoms with van der Waals surface area (Å²) in [7, 11) is 0. The molecule has 2 unspecified atom stereocenters. The van der Waals surface area contributed by atoms with Gasteiger partial charge in [-0.1, -0.05) is 115 Å². The lowest BCUT2D eigenvalue weighted by Gasteiger charge is -2.27. The maximum atomic E-state index is 5.40. The number of aromatic nitrogens is 1. The Bertz CT molecular complexity index is 1880. The molecule has 0 amide bonds. The third-order valence-corrected chi connectivity index (χ3v) is 7.93. The molecule has 2 aliphatic heterocycles. The summed E-state index contributed by atoms with van der Waals surface area (Å²) in [5.41, 5.74) is 6.07. The zero-order chi connectivity index (χ0) is 25.1. The SMILES string of the molecule is C1=CC2C(c3ccc(-c4cccc5ccccc45)cc3)N=C(n3c4ccccc4c4ccccc43)N2C=C1. The second-order valence-electron chi connectivity index (χ2n) is 10.0. The Kier molecular flexibility index (Phi) is 4.65. The van der Waals surface area contributed by atoms with E-state index in [1.54, 1.807) is 0 Å². The van der Waals surface area contributed by atoms with Gasteiger partial charge in [0.05, 0.1) is 17.1 Å². The van der Waals surface area contributed by atoms with Gasteiger partial charge >= 0.3 is 0 Å². The van der Waals surface area contributed by atoms with Gasteiger partial charge in [0.15, 0.2) is 0 Å². The lowest BCUT2D eigenvalue weighted by Crippen LogP contribution is -2.36. The molecule has 0 spiro atoms. The topological polar surface area (TPSA) is 20.5 Å². The fourth-order valence-corrected chi connectivity index (χ4v) is 6.16. The highest BCUT2D eigenvalue weighted by Gasteiger charge is 2.37. The van der Waals surface area contributed by atoms with E-state index in [-0.39, 0.29) is 12.1 Å². The van der Waals surface area contributed by atoms with E-state index in [1.807, 2.05) is 0 Å². The molecule has 3 heterocycles. The highest BCUT2D eigenvalue weighted by Crippen LogP contribution is 2.38. The van der Waals surface area contributed by atoms with Gasteiger partial charge < -0.3 is 4.90 Å². The van der Waals surface area contributed by atoms with Crippen LogP contribution in [0.25, 0.3) is 43.7 Å². The first-order valence-electron chi connectivity index (χ1n) is 13.1. The number of para-hydroxylation sites is 2. The van der Waals surface area contributed by atoms with Gasteiger partial charge in [-0.05, 0) is 45.7 Å². The fourth-order valence-electron chi connectivity index (χ4n) is 6.16. The molecule has 38 heavy (non-hydrogen) atoms. The van der Waals surface area contributed by atoms with E-state index in [4.69, 9.17) is 4.99 Å². The van der Waals surface area contributed by atoms with E-state index in [0.717, 1.165) is 5.96 Å². The quantitative estimate of drug-likeness (QED) is 0.240. The maximum Gasteiger partial charge on any atom is 0.211 e. The first-order valence-corrected chi connectivity index (χ1v) is 13.1.